The van der Waals surface area contributed by atoms with Crippen molar-refractivity contribution >= 4 is 51.7 Å². The van der Waals surface area contributed by atoms with Gasteiger partial charge in [-0.25, -0.2) is 15.0 Å². The lowest BCUT2D eigenvalue weighted by Crippen LogP contribution is -2.22. The molecule has 5 rings (SSSR count). The lowest BCUT2D eigenvalue weighted by Gasteiger charge is -2.20. The van der Waals surface area contributed by atoms with Crippen LogP contribution in [0.4, 0.5) is 5.69 Å². The summed E-state index contributed by atoms with van der Waals surface area (Å²) >= 11 is 7.26. The van der Waals surface area contributed by atoms with Crippen LogP contribution in [0, 0.1) is 13.8 Å². The molecule has 11 heteroatoms. The normalized spacial score (nSPS) is 12.2. The van der Waals surface area contributed by atoms with Crippen LogP contribution in [-0.2, 0) is 7.05 Å². The second-order valence-corrected chi connectivity index (χ2v) is 10.1. The van der Waals surface area contributed by atoms with Crippen molar-refractivity contribution < 1.29 is 4.79 Å². The predicted octanol–water partition coefficient (Wildman–Crippen LogP) is 5.09. The minimum absolute atomic E-state index is 0.141. The second kappa shape index (κ2) is 10.1. The molecule has 4 heterocycles. The van der Waals surface area contributed by atoms with E-state index in [0.29, 0.717) is 22.4 Å². The van der Waals surface area contributed by atoms with Crippen molar-refractivity contribution in [2.45, 2.75) is 26.8 Å². The van der Waals surface area contributed by atoms with Crippen molar-refractivity contribution in [1.29, 1.82) is 0 Å². The van der Waals surface area contributed by atoms with Gasteiger partial charge in [0.25, 0.3) is 11.5 Å². The minimum atomic E-state index is -0.358. The van der Waals surface area contributed by atoms with Gasteiger partial charge in [-0.15, -0.1) is 0 Å². The van der Waals surface area contributed by atoms with E-state index in [1.807, 2.05) is 61.8 Å². The smallest absolute Gasteiger partial charge is 0.281 e. The Morgan fingerprint density at radius 1 is 1.08 bits per heavy atom. The summed E-state index contributed by atoms with van der Waals surface area (Å²) in [5, 5.41) is 4.12. The topological polar surface area (TPSA) is 106 Å². The maximum Gasteiger partial charge on any atom is 0.281 e. The number of amides is 1. The quantitative estimate of drug-likeness (QED) is 0.225. The molecule has 1 aromatic carbocycles. The molecular formula is C27H26ClN7O2S. The SMILES string of the molecule is CSNC(=O)c1nc(Cl)ccc1NC(C)c1cc(C)cc2c(=O)n(C)c(-c3ccc4nc(C)cn4c3)nc12. The molecule has 0 bridgehead atoms. The number of halogens is 1. The molecular weight excluding hydrogens is 522 g/mol. The van der Waals surface area contributed by atoms with E-state index in [-0.39, 0.29) is 28.4 Å². The van der Waals surface area contributed by atoms with E-state index in [9.17, 15) is 9.59 Å². The molecule has 2 N–H and O–H groups in total. The number of carbonyl (C=O) groups is 1. The molecule has 0 aliphatic heterocycles. The summed E-state index contributed by atoms with van der Waals surface area (Å²) in [6.07, 6.45) is 5.62. The summed E-state index contributed by atoms with van der Waals surface area (Å²) < 4.78 is 6.19. The molecule has 9 nitrogen and oxygen atoms in total. The molecule has 1 atom stereocenters. The Kier molecular flexibility index (Phi) is 6.85. The van der Waals surface area contributed by atoms with Crippen LogP contribution in [0.5, 0.6) is 0 Å². The fourth-order valence-electron chi connectivity index (χ4n) is 4.57. The maximum absolute atomic E-state index is 13.5. The molecule has 0 aliphatic rings. The van der Waals surface area contributed by atoms with Gasteiger partial charge in [-0.3, -0.25) is 18.9 Å². The Hall–Kier alpha value is -3.89. The van der Waals surface area contributed by atoms with Crippen molar-refractivity contribution in [1.82, 2.24) is 28.6 Å². The third-order valence-electron chi connectivity index (χ3n) is 6.29. The third-order valence-corrected chi connectivity index (χ3v) is 6.89. The Labute approximate surface area is 228 Å². The van der Waals surface area contributed by atoms with Crippen LogP contribution < -0.4 is 15.6 Å². The summed E-state index contributed by atoms with van der Waals surface area (Å²) in [5.74, 6) is 0.185. The number of nitrogens with zero attached hydrogens (tertiary/aromatic N) is 5. The fraction of sp³-hybridized carbons (Fsp3) is 0.222. The van der Waals surface area contributed by atoms with Crippen LogP contribution in [-0.4, -0.2) is 36.1 Å². The number of anilines is 1. The van der Waals surface area contributed by atoms with Crippen LogP contribution in [0.25, 0.3) is 27.9 Å². The number of hydrogen-bond donors (Lipinski definition) is 2. The zero-order valence-electron chi connectivity index (χ0n) is 21.5. The van der Waals surface area contributed by atoms with E-state index in [1.165, 1.54) is 11.9 Å². The first kappa shape index (κ1) is 25.7. The number of imidazole rings is 1. The molecule has 194 valence electrons. The zero-order valence-corrected chi connectivity index (χ0v) is 23.1. The first-order valence-electron chi connectivity index (χ1n) is 11.9. The molecule has 0 fully saturated rings. The van der Waals surface area contributed by atoms with Crippen LogP contribution in [0.1, 0.15) is 40.3 Å². The van der Waals surface area contributed by atoms with Gasteiger partial charge in [-0.2, -0.15) is 0 Å². The zero-order chi connectivity index (χ0) is 27.1. The van der Waals surface area contributed by atoms with Crippen molar-refractivity contribution in [3.63, 3.8) is 0 Å². The summed E-state index contributed by atoms with van der Waals surface area (Å²) in [7, 11) is 1.73. The van der Waals surface area contributed by atoms with E-state index in [0.717, 1.165) is 28.0 Å². The first-order chi connectivity index (χ1) is 18.2. The summed E-state index contributed by atoms with van der Waals surface area (Å²) in [6, 6.07) is 10.7. The highest BCUT2D eigenvalue weighted by Gasteiger charge is 2.20. The first-order valence-corrected chi connectivity index (χ1v) is 13.5. The van der Waals surface area contributed by atoms with Gasteiger partial charge < -0.3 is 9.72 Å². The molecule has 0 saturated heterocycles. The average molecular weight is 548 g/mol. The molecule has 0 radical (unpaired) electrons. The summed E-state index contributed by atoms with van der Waals surface area (Å²) in [6.45, 7) is 5.84. The van der Waals surface area contributed by atoms with Gasteiger partial charge in [0.05, 0.1) is 28.3 Å². The van der Waals surface area contributed by atoms with Crippen LogP contribution in [0.3, 0.4) is 0 Å². The molecule has 5 aromatic rings. The van der Waals surface area contributed by atoms with Gasteiger partial charge in [-0.05, 0) is 56.7 Å². The van der Waals surface area contributed by atoms with Crippen molar-refractivity contribution in [2.24, 2.45) is 7.05 Å². The number of benzene rings is 1. The number of rotatable bonds is 6. The van der Waals surface area contributed by atoms with Crippen molar-refractivity contribution in [2.75, 3.05) is 11.6 Å². The number of aryl methyl sites for hydroxylation is 2. The van der Waals surface area contributed by atoms with Gasteiger partial charge >= 0.3 is 0 Å². The molecule has 38 heavy (non-hydrogen) atoms. The van der Waals surface area contributed by atoms with Gasteiger partial charge in [-0.1, -0.05) is 29.6 Å². The molecule has 1 unspecified atom stereocenters. The second-order valence-electron chi connectivity index (χ2n) is 9.15. The summed E-state index contributed by atoms with van der Waals surface area (Å²) in [4.78, 5) is 39.9. The highest BCUT2D eigenvalue weighted by atomic mass is 35.5. The van der Waals surface area contributed by atoms with E-state index < -0.39 is 0 Å². The molecule has 0 aliphatic carbocycles. The standard InChI is InChI=1S/C27H26ClN7O2S/c1-14-10-18(16(3)30-20-7-8-21(28)31-24(20)26(36)33-38-5)23-19(11-14)27(37)34(4)25(32-23)17-6-9-22-29-15(2)12-35(22)13-17/h6-13,16,30H,1-5H3,(H,33,36). The van der Waals surface area contributed by atoms with Crippen molar-refractivity contribution in [3.05, 3.63) is 86.8 Å². The number of aromatic nitrogens is 5. The molecule has 4 aromatic heterocycles. The fourth-order valence-corrected chi connectivity index (χ4v) is 5.00. The lowest BCUT2D eigenvalue weighted by molar-refractivity contribution is 0.0980. The molecule has 0 saturated carbocycles. The Balaban J connectivity index is 1.64. The van der Waals surface area contributed by atoms with E-state index >= 15 is 0 Å². The monoisotopic (exact) mass is 547 g/mol. The average Bonchev–Trinajstić information content (AvgIpc) is 3.26. The van der Waals surface area contributed by atoms with Crippen LogP contribution in [0.15, 0.2) is 53.6 Å². The highest BCUT2D eigenvalue weighted by molar-refractivity contribution is 7.97. The van der Waals surface area contributed by atoms with E-state index in [4.69, 9.17) is 16.6 Å². The number of nitrogens with one attached hydrogen (secondary N) is 2. The maximum atomic E-state index is 13.5. The third kappa shape index (κ3) is 4.72. The number of carbonyl (C=O) groups excluding carboxylic acids is 1. The predicted molar refractivity (Wildman–Crippen MR) is 153 cm³/mol. The van der Waals surface area contributed by atoms with Gasteiger partial charge in [0, 0.05) is 36.8 Å². The van der Waals surface area contributed by atoms with E-state index in [2.05, 4.69) is 20.0 Å². The number of pyridine rings is 2. The Morgan fingerprint density at radius 3 is 2.63 bits per heavy atom. The lowest BCUT2D eigenvalue weighted by atomic mass is 10.0. The minimum Gasteiger partial charge on any atom is -0.377 e. The Bertz CT molecular complexity index is 1780. The van der Waals surface area contributed by atoms with Gasteiger partial charge in [0.2, 0.25) is 0 Å². The number of hydrogen-bond acceptors (Lipinski definition) is 7. The summed E-state index contributed by atoms with van der Waals surface area (Å²) in [5.41, 5.74) is 5.43. The molecule has 1 amide bonds. The van der Waals surface area contributed by atoms with E-state index in [1.54, 1.807) is 30.0 Å². The molecule has 0 spiro atoms. The van der Waals surface area contributed by atoms with Gasteiger partial charge in [0.1, 0.15) is 16.6 Å². The largest absolute Gasteiger partial charge is 0.377 e. The number of fused-ring (bicyclic) bond motifs is 2. The van der Waals surface area contributed by atoms with Crippen molar-refractivity contribution in [3.8, 4) is 11.4 Å². The van der Waals surface area contributed by atoms with Crippen LogP contribution >= 0.6 is 23.5 Å². The van der Waals surface area contributed by atoms with Gasteiger partial charge in [0.15, 0.2) is 5.69 Å². The highest BCUT2D eigenvalue weighted by Crippen LogP contribution is 2.29. The van der Waals surface area contributed by atoms with Crippen LogP contribution in [0.2, 0.25) is 5.15 Å². The Morgan fingerprint density at radius 2 is 1.87 bits per heavy atom.